The van der Waals surface area contributed by atoms with Gasteiger partial charge in [-0.2, -0.15) is 0 Å². The number of amides is 3. The molecular weight excluding hydrogens is 394 g/mol. The minimum atomic E-state index is -0.769. The van der Waals surface area contributed by atoms with Gasteiger partial charge in [-0.25, -0.2) is 8.78 Å². The van der Waals surface area contributed by atoms with Gasteiger partial charge in [-0.3, -0.25) is 19.3 Å². The third-order valence-electron chi connectivity index (χ3n) is 5.40. The van der Waals surface area contributed by atoms with Crippen LogP contribution < -0.4 is 4.74 Å². The third-order valence-corrected chi connectivity index (χ3v) is 5.40. The van der Waals surface area contributed by atoms with E-state index in [0.29, 0.717) is 37.1 Å². The van der Waals surface area contributed by atoms with Crippen LogP contribution in [0.25, 0.3) is 0 Å². The Hall–Kier alpha value is -3.29. The second kappa shape index (κ2) is 7.85. The number of benzene rings is 2. The molecule has 2 aliphatic heterocycles. The van der Waals surface area contributed by atoms with Crippen LogP contribution in [0.15, 0.2) is 36.4 Å². The van der Waals surface area contributed by atoms with E-state index in [0.717, 1.165) is 22.6 Å². The van der Waals surface area contributed by atoms with E-state index < -0.39 is 23.4 Å². The van der Waals surface area contributed by atoms with Gasteiger partial charge in [0.15, 0.2) is 11.6 Å². The molecule has 0 bridgehead atoms. The van der Waals surface area contributed by atoms with E-state index in [1.165, 1.54) is 6.07 Å². The SMILES string of the molecule is Cc1ccc2c(c1)C(=O)N(CC(=O)N1CCC(Oc3ccc(F)cc3F)CC1)C2=O. The fourth-order valence-corrected chi connectivity index (χ4v) is 3.76. The lowest BCUT2D eigenvalue weighted by Gasteiger charge is -2.33. The van der Waals surface area contributed by atoms with E-state index in [2.05, 4.69) is 0 Å². The van der Waals surface area contributed by atoms with Crippen molar-refractivity contribution in [2.24, 2.45) is 0 Å². The van der Waals surface area contributed by atoms with E-state index in [1.807, 2.05) is 6.92 Å². The fraction of sp³-hybridized carbons (Fsp3) is 0.318. The lowest BCUT2D eigenvalue weighted by atomic mass is 10.1. The summed E-state index contributed by atoms with van der Waals surface area (Å²) in [6, 6.07) is 8.14. The molecule has 0 aromatic heterocycles. The number of halogens is 2. The van der Waals surface area contributed by atoms with Crippen LogP contribution in [0.2, 0.25) is 0 Å². The topological polar surface area (TPSA) is 66.9 Å². The summed E-state index contributed by atoms with van der Waals surface area (Å²) in [6.45, 7) is 2.22. The van der Waals surface area contributed by atoms with Crippen molar-refractivity contribution >= 4 is 17.7 Å². The molecule has 1 saturated heterocycles. The van der Waals surface area contributed by atoms with Crippen molar-refractivity contribution < 1.29 is 27.9 Å². The van der Waals surface area contributed by atoms with Crippen LogP contribution in [-0.4, -0.2) is 53.3 Å². The maximum Gasteiger partial charge on any atom is 0.262 e. The normalized spacial score (nSPS) is 16.8. The third kappa shape index (κ3) is 3.77. The van der Waals surface area contributed by atoms with Crippen LogP contribution >= 0.6 is 0 Å². The molecule has 2 aromatic carbocycles. The number of hydrogen-bond acceptors (Lipinski definition) is 4. The Labute approximate surface area is 172 Å². The van der Waals surface area contributed by atoms with Crippen LogP contribution in [-0.2, 0) is 4.79 Å². The van der Waals surface area contributed by atoms with Gasteiger partial charge in [-0.1, -0.05) is 11.6 Å². The smallest absolute Gasteiger partial charge is 0.262 e. The predicted octanol–water partition coefficient (Wildman–Crippen LogP) is 2.94. The van der Waals surface area contributed by atoms with E-state index in [9.17, 15) is 23.2 Å². The largest absolute Gasteiger partial charge is 0.487 e. The molecule has 0 spiro atoms. The first-order valence-corrected chi connectivity index (χ1v) is 9.70. The van der Waals surface area contributed by atoms with Crippen LogP contribution in [0.1, 0.15) is 39.1 Å². The number of carbonyl (C=O) groups excluding carboxylic acids is 3. The predicted molar refractivity (Wildman–Crippen MR) is 103 cm³/mol. The second-order valence-electron chi connectivity index (χ2n) is 7.52. The van der Waals surface area contributed by atoms with Crippen molar-refractivity contribution in [3.63, 3.8) is 0 Å². The second-order valence-corrected chi connectivity index (χ2v) is 7.52. The van der Waals surface area contributed by atoms with Gasteiger partial charge < -0.3 is 9.64 Å². The number of carbonyl (C=O) groups is 3. The molecule has 2 aliphatic rings. The highest BCUT2D eigenvalue weighted by molar-refractivity contribution is 6.22. The Balaban J connectivity index is 1.34. The highest BCUT2D eigenvalue weighted by Gasteiger charge is 2.37. The number of fused-ring (bicyclic) bond motifs is 1. The lowest BCUT2D eigenvalue weighted by Crippen LogP contribution is -2.47. The standard InChI is InChI=1S/C22H20F2N2O4/c1-13-2-4-16-17(10-13)22(29)26(21(16)28)12-20(27)25-8-6-15(7-9-25)30-19-5-3-14(23)11-18(19)24/h2-5,10-11,15H,6-9,12H2,1H3. The average molecular weight is 414 g/mol. The highest BCUT2D eigenvalue weighted by Crippen LogP contribution is 2.25. The Morgan fingerprint density at radius 3 is 2.43 bits per heavy atom. The molecule has 0 N–H and O–H groups in total. The average Bonchev–Trinajstić information content (AvgIpc) is 2.95. The quantitative estimate of drug-likeness (QED) is 0.722. The minimum Gasteiger partial charge on any atom is -0.487 e. The number of likely N-dealkylation sites (tertiary alicyclic amines) is 1. The molecule has 156 valence electrons. The molecular formula is C22H20F2N2O4. The molecule has 0 aliphatic carbocycles. The molecule has 1 fully saturated rings. The first kappa shape index (κ1) is 20.0. The van der Waals surface area contributed by atoms with Crippen molar-refractivity contribution in [1.82, 2.24) is 9.80 Å². The maximum atomic E-state index is 13.7. The maximum absolute atomic E-state index is 13.7. The Kier molecular flexibility index (Phi) is 5.24. The summed E-state index contributed by atoms with van der Waals surface area (Å²) in [7, 11) is 0. The van der Waals surface area contributed by atoms with Gasteiger partial charge >= 0.3 is 0 Å². The fourth-order valence-electron chi connectivity index (χ4n) is 3.76. The first-order chi connectivity index (χ1) is 14.3. The number of aryl methyl sites for hydroxylation is 1. The molecule has 3 amide bonds. The van der Waals surface area contributed by atoms with E-state index in [-0.39, 0.29) is 24.3 Å². The molecule has 8 heteroatoms. The molecule has 4 rings (SSSR count). The Morgan fingerprint density at radius 1 is 1.03 bits per heavy atom. The van der Waals surface area contributed by atoms with Gasteiger partial charge in [-0.05, 0) is 31.2 Å². The van der Waals surface area contributed by atoms with Gasteiger partial charge in [0.25, 0.3) is 11.8 Å². The Morgan fingerprint density at radius 2 is 1.73 bits per heavy atom. The zero-order chi connectivity index (χ0) is 21.4. The van der Waals surface area contributed by atoms with Gasteiger partial charge in [0, 0.05) is 32.0 Å². The van der Waals surface area contributed by atoms with Crippen LogP contribution in [0, 0.1) is 18.6 Å². The molecule has 0 atom stereocenters. The van der Waals surface area contributed by atoms with Crippen molar-refractivity contribution in [2.45, 2.75) is 25.9 Å². The van der Waals surface area contributed by atoms with E-state index in [4.69, 9.17) is 4.74 Å². The van der Waals surface area contributed by atoms with E-state index in [1.54, 1.807) is 23.1 Å². The van der Waals surface area contributed by atoms with Crippen molar-refractivity contribution in [3.05, 3.63) is 64.7 Å². The molecule has 2 heterocycles. The molecule has 0 unspecified atom stereocenters. The van der Waals surface area contributed by atoms with Crippen molar-refractivity contribution in [3.8, 4) is 5.75 Å². The summed E-state index contributed by atoms with van der Waals surface area (Å²) in [4.78, 5) is 40.2. The van der Waals surface area contributed by atoms with Crippen molar-refractivity contribution in [2.75, 3.05) is 19.6 Å². The summed E-state index contributed by atoms with van der Waals surface area (Å²) >= 11 is 0. The lowest BCUT2D eigenvalue weighted by molar-refractivity contribution is -0.133. The number of nitrogens with zero attached hydrogens (tertiary/aromatic N) is 2. The molecule has 2 aromatic rings. The summed E-state index contributed by atoms with van der Waals surface area (Å²) in [5.41, 5.74) is 1.50. The van der Waals surface area contributed by atoms with Gasteiger partial charge in [-0.15, -0.1) is 0 Å². The highest BCUT2D eigenvalue weighted by atomic mass is 19.1. The van der Waals surface area contributed by atoms with Crippen LogP contribution in [0.4, 0.5) is 8.78 Å². The van der Waals surface area contributed by atoms with Gasteiger partial charge in [0.05, 0.1) is 11.1 Å². The van der Waals surface area contributed by atoms with Gasteiger partial charge in [0.2, 0.25) is 5.91 Å². The van der Waals surface area contributed by atoms with Crippen molar-refractivity contribution in [1.29, 1.82) is 0 Å². The van der Waals surface area contributed by atoms with Crippen LogP contribution in [0.3, 0.4) is 0 Å². The summed E-state index contributed by atoms with van der Waals surface area (Å²) in [5.74, 6) is -2.72. The Bertz CT molecular complexity index is 1030. The summed E-state index contributed by atoms with van der Waals surface area (Å²) < 4.78 is 32.3. The number of ether oxygens (including phenoxy) is 1. The molecule has 6 nitrogen and oxygen atoms in total. The zero-order valence-corrected chi connectivity index (χ0v) is 16.4. The molecule has 30 heavy (non-hydrogen) atoms. The number of imide groups is 1. The monoisotopic (exact) mass is 414 g/mol. The summed E-state index contributed by atoms with van der Waals surface area (Å²) in [6.07, 6.45) is 0.615. The minimum absolute atomic E-state index is 0.0255. The number of piperidine rings is 1. The van der Waals surface area contributed by atoms with E-state index >= 15 is 0 Å². The summed E-state index contributed by atoms with van der Waals surface area (Å²) in [5, 5.41) is 0. The number of hydrogen-bond donors (Lipinski definition) is 0. The first-order valence-electron chi connectivity index (χ1n) is 9.70. The van der Waals surface area contributed by atoms with Crippen LogP contribution in [0.5, 0.6) is 5.75 Å². The number of rotatable bonds is 4. The van der Waals surface area contributed by atoms with Gasteiger partial charge in [0.1, 0.15) is 18.5 Å². The zero-order valence-electron chi connectivity index (χ0n) is 16.4. The molecule has 0 saturated carbocycles. The molecule has 0 radical (unpaired) electrons.